The second-order valence-electron chi connectivity index (χ2n) is 7.88. The van der Waals surface area contributed by atoms with Gasteiger partial charge in [0.15, 0.2) is 5.69 Å². The topological polar surface area (TPSA) is 76.5 Å². The van der Waals surface area contributed by atoms with Crippen LogP contribution in [-0.2, 0) is 24.1 Å². The van der Waals surface area contributed by atoms with Gasteiger partial charge in [-0.15, -0.1) is 0 Å². The smallest absolute Gasteiger partial charge is 0.359 e. The summed E-state index contributed by atoms with van der Waals surface area (Å²) in [5.41, 5.74) is 5.21. The summed E-state index contributed by atoms with van der Waals surface area (Å²) in [4.78, 5) is 27.1. The van der Waals surface area contributed by atoms with Gasteiger partial charge in [-0.2, -0.15) is 5.10 Å². The molecule has 0 bridgehead atoms. The number of nitrogens with one attached hydrogen (secondary N) is 1. The maximum Gasteiger partial charge on any atom is 0.359 e. The second-order valence-corrected chi connectivity index (χ2v) is 7.88. The van der Waals surface area contributed by atoms with Gasteiger partial charge in [-0.25, -0.2) is 14.3 Å². The van der Waals surface area contributed by atoms with Crippen LogP contribution in [0.15, 0.2) is 54.6 Å². The van der Waals surface area contributed by atoms with E-state index in [-0.39, 0.29) is 18.3 Å². The highest BCUT2D eigenvalue weighted by atomic mass is 16.5. The van der Waals surface area contributed by atoms with E-state index in [0.717, 1.165) is 28.9 Å². The molecule has 0 unspecified atom stereocenters. The summed E-state index contributed by atoms with van der Waals surface area (Å²) in [6.45, 7) is 5.51. The second kappa shape index (κ2) is 9.68. The number of rotatable bonds is 6. The zero-order valence-electron chi connectivity index (χ0n) is 18.5. The molecule has 3 aromatic rings. The average Bonchev–Trinajstić information content (AvgIpc) is 3.19. The molecule has 1 aromatic heterocycles. The Bertz CT molecular complexity index is 1090. The number of esters is 1. The fraction of sp³-hybridized carbons (Fsp3) is 0.320. The minimum Gasteiger partial charge on any atom is -0.461 e. The Morgan fingerprint density at radius 3 is 2.56 bits per heavy atom. The van der Waals surface area contributed by atoms with E-state index in [9.17, 15) is 9.59 Å². The molecule has 0 radical (unpaired) electrons. The van der Waals surface area contributed by atoms with E-state index in [1.807, 2.05) is 66.2 Å². The molecule has 0 spiro atoms. The molecule has 4 rings (SSSR count). The zero-order valence-corrected chi connectivity index (χ0v) is 18.5. The highest BCUT2D eigenvalue weighted by Crippen LogP contribution is 2.26. The number of aromatic nitrogens is 2. The van der Waals surface area contributed by atoms with Crippen molar-refractivity contribution >= 4 is 12.0 Å². The maximum absolute atomic E-state index is 12.8. The summed E-state index contributed by atoms with van der Waals surface area (Å²) in [5.74, 6) is -0.457. The first-order valence-electron chi connectivity index (χ1n) is 11.0. The highest BCUT2D eigenvalue weighted by molar-refractivity contribution is 5.89. The van der Waals surface area contributed by atoms with E-state index in [0.29, 0.717) is 26.1 Å². The van der Waals surface area contributed by atoms with Crippen molar-refractivity contribution in [3.63, 3.8) is 0 Å². The fourth-order valence-electron chi connectivity index (χ4n) is 3.93. The van der Waals surface area contributed by atoms with Crippen LogP contribution in [0.5, 0.6) is 0 Å². The van der Waals surface area contributed by atoms with E-state index < -0.39 is 5.97 Å². The molecule has 32 heavy (non-hydrogen) atoms. The minimum atomic E-state index is -0.457. The lowest BCUT2D eigenvalue weighted by Gasteiger charge is -2.28. The van der Waals surface area contributed by atoms with Crippen LogP contribution in [0.4, 0.5) is 4.79 Å². The molecular weight excluding hydrogens is 404 g/mol. The van der Waals surface area contributed by atoms with Gasteiger partial charge in [-0.05, 0) is 38.0 Å². The molecule has 166 valence electrons. The van der Waals surface area contributed by atoms with Crippen molar-refractivity contribution in [3.05, 3.63) is 82.7 Å². The van der Waals surface area contributed by atoms with E-state index in [2.05, 4.69) is 10.4 Å². The van der Waals surface area contributed by atoms with Crippen LogP contribution in [0.25, 0.3) is 5.69 Å². The third-order valence-electron chi connectivity index (χ3n) is 5.62. The summed E-state index contributed by atoms with van der Waals surface area (Å²) in [7, 11) is 0. The van der Waals surface area contributed by atoms with Crippen LogP contribution in [0.2, 0.25) is 0 Å². The Morgan fingerprint density at radius 1 is 1.09 bits per heavy atom. The lowest BCUT2D eigenvalue weighted by Crippen LogP contribution is -2.43. The number of nitrogens with zero attached hydrogens (tertiary/aromatic N) is 3. The molecule has 0 fully saturated rings. The van der Waals surface area contributed by atoms with Gasteiger partial charge in [0.1, 0.15) is 0 Å². The number of aryl methyl sites for hydroxylation is 1. The Hall–Kier alpha value is -3.61. The van der Waals surface area contributed by atoms with Gasteiger partial charge in [0.05, 0.1) is 24.5 Å². The quantitative estimate of drug-likeness (QED) is 0.603. The maximum atomic E-state index is 12.8. The molecule has 2 heterocycles. The lowest BCUT2D eigenvalue weighted by molar-refractivity contribution is 0.0516. The van der Waals surface area contributed by atoms with Crippen LogP contribution >= 0.6 is 0 Å². The molecule has 0 saturated carbocycles. The van der Waals surface area contributed by atoms with Gasteiger partial charge in [0.25, 0.3) is 0 Å². The number of carbonyl (C=O) groups excluding carboxylic acids is 2. The lowest BCUT2D eigenvalue weighted by atomic mass is 10.0. The number of amides is 2. The molecule has 1 aliphatic heterocycles. The molecule has 7 heteroatoms. The Kier molecular flexibility index (Phi) is 6.54. The number of benzene rings is 2. The Balaban J connectivity index is 1.52. The van der Waals surface area contributed by atoms with Crippen molar-refractivity contribution in [2.24, 2.45) is 0 Å². The molecule has 2 amide bonds. The highest BCUT2D eigenvalue weighted by Gasteiger charge is 2.31. The third-order valence-corrected chi connectivity index (χ3v) is 5.62. The fourth-order valence-corrected chi connectivity index (χ4v) is 3.93. The van der Waals surface area contributed by atoms with Gasteiger partial charge < -0.3 is 15.0 Å². The Morgan fingerprint density at radius 2 is 1.84 bits per heavy atom. The predicted molar refractivity (Wildman–Crippen MR) is 122 cm³/mol. The molecule has 2 aromatic carbocycles. The number of ether oxygens (including phenoxy) is 1. The van der Waals surface area contributed by atoms with Gasteiger partial charge in [-0.1, -0.05) is 48.0 Å². The number of hydrogen-bond acceptors (Lipinski definition) is 4. The summed E-state index contributed by atoms with van der Waals surface area (Å²) >= 11 is 0. The molecule has 0 aliphatic carbocycles. The van der Waals surface area contributed by atoms with E-state index in [1.165, 1.54) is 5.56 Å². The van der Waals surface area contributed by atoms with Crippen LogP contribution in [-0.4, -0.2) is 46.4 Å². The normalized spacial score (nSPS) is 12.9. The van der Waals surface area contributed by atoms with Crippen LogP contribution in [0.1, 0.15) is 39.8 Å². The van der Waals surface area contributed by atoms with E-state index in [1.54, 1.807) is 11.8 Å². The monoisotopic (exact) mass is 432 g/mol. The van der Waals surface area contributed by atoms with Crippen LogP contribution < -0.4 is 5.32 Å². The third kappa shape index (κ3) is 4.66. The molecule has 1 aliphatic rings. The number of carbonyl (C=O) groups is 2. The average molecular weight is 433 g/mol. The van der Waals surface area contributed by atoms with Crippen LogP contribution in [0, 0.1) is 6.92 Å². The summed E-state index contributed by atoms with van der Waals surface area (Å²) in [6.07, 6.45) is 1.38. The predicted octanol–water partition coefficient (Wildman–Crippen LogP) is 3.67. The van der Waals surface area contributed by atoms with Gasteiger partial charge >= 0.3 is 12.0 Å². The van der Waals surface area contributed by atoms with E-state index in [4.69, 9.17) is 4.74 Å². The number of fused-ring (bicyclic) bond motifs is 1. The SMILES string of the molecule is CCOC(=O)c1nn(-c2ccc(C)cc2)c2c1CN(C(=O)NCCc1ccccc1)CC2. The zero-order chi connectivity index (χ0) is 22.5. The largest absolute Gasteiger partial charge is 0.461 e. The molecule has 0 atom stereocenters. The molecule has 0 saturated heterocycles. The number of hydrogen-bond donors (Lipinski definition) is 1. The summed E-state index contributed by atoms with van der Waals surface area (Å²) in [6, 6.07) is 17.9. The van der Waals surface area contributed by atoms with Crippen molar-refractivity contribution < 1.29 is 14.3 Å². The van der Waals surface area contributed by atoms with Gasteiger partial charge in [0.2, 0.25) is 0 Å². The molecule has 1 N–H and O–H groups in total. The molecule has 7 nitrogen and oxygen atoms in total. The first kappa shape index (κ1) is 21.6. The first-order valence-corrected chi connectivity index (χ1v) is 11.0. The van der Waals surface area contributed by atoms with Crippen molar-refractivity contribution in [3.8, 4) is 5.69 Å². The van der Waals surface area contributed by atoms with Gasteiger partial charge in [-0.3, -0.25) is 0 Å². The van der Waals surface area contributed by atoms with Crippen molar-refractivity contribution in [1.29, 1.82) is 0 Å². The van der Waals surface area contributed by atoms with Crippen molar-refractivity contribution in [2.45, 2.75) is 33.2 Å². The van der Waals surface area contributed by atoms with Gasteiger partial charge in [0, 0.05) is 25.1 Å². The molecular formula is C25H28N4O3. The minimum absolute atomic E-state index is 0.135. The first-order chi connectivity index (χ1) is 15.6. The van der Waals surface area contributed by atoms with Crippen molar-refractivity contribution in [2.75, 3.05) is 19.7 Å². The standard InChI is InChI=1S/C25H28N4O3/c1-3-32-24(30)23-21-17-28(25(31)26-15-13-19-7-5-4-6-8-19)16-14-22(21)29(27-23)20-11-9-18(2)10-12-20/h4-12H,3,13-17H2,1-2H3,(H,26,31). The van der Waals surface area contributed by atoms with E-state index >= 15 is 0 Å². The van der Waals surface area contributed by atoms with Crippen LogP contribution in [0.3, 0.4) is 0 Å². The Labute approximate surface area is 188 Å². The number of urea groups is 1. The summed E-state index contributed by atoms with van der Waals surface area (Å²) < 4.78 is 7.05. The van der Waals surface area contributed by atoms with Crippen molar-refractivity contribution in [1.82, 2.24) is 20.0 Å². The summed E-state index contributed by atoms with van der Waals surface area (Å²) in [5, 5.41) is 7.58.